The molecule has 0 aliphatic rings. The molecule has 120 valence electrons. The molecule has 0 spiro atoms. The zero-order valence-corrected chi connectivity index (χ0v) is 12.0. The number of phenolic OH excluding ortho intramolecular Hbond substituents is 1. The maximum atomic E-state index is 13.7. The van der Waals surface area contributed by atoms with Gasteiger partial charge in [0, 0.05) is 5.56 Å². The minimum atomic E-state index is -5.08. The fourth-order valence-corrected chi connectivity index (χ4v) is 2.49. The van der Waals surface area contributed by atoms with E-state index in [1.807, 2.05) is 0 Å². The number of aromatic hydroxyl groups is 1. The number of benzene rings is 2. The number of imidazole rings is 1. The van der Waals surface area contributed by atoms with Gasteiger partial charge in [-0.2, -0.15) is 13.2 Å². The lowest BCUT2D eigenvalue weighted by atomic mass is 9.90. The normalized spacial score (nSPS) is 14.8. The van der Waals surface area contributed by atoms with E-state index in [-0.39, 0.29) is 5.52 Å². The van der Waals surface area contributed by atoms with E-state index < -0.39 is 28.9 Å². The summed E-state index contributed by atoms with van der Waals surface area (Å²) in [4.78, 5) is 6.35. The minimum absolute atomic E-state index is 0.289. The monoisotopic (exact) mass is 322 g/mol. The van der Waals surface area contributed by atoms with E-state index >= 15 is 0 Å². The Morgan fingerprint density at radius 1 is 1.09 bits per heavy atom. The average molecular weight is 322 g/mol. The fraction of sp³-hybridized carbons (Fsp3) is 0.188. The largest absolute Gasteiger partial charge is 0.508 e. The molecule has 0 aliphatic heterocycles. The van der Waals surface area contributed by atoms with Gasteiger partial charge in [0.2, 0.25) is 5.60 Å². The van der Waals surface area contributed by atoms with Crippen LogP contribution in [0.5, 0.6) is 5.75 Å². The van der Waals surface area contributed by atoms with Gasteiger partial charge in [-0.3, -0.25) is 0 Å². The number of hydrogen-bond donors (Lipinski definition) is 3. The molecule has 1 heterocycles. The van der Waals surface area contributed by atoms with Crippen molar-refractivity contribution in [3.05, 3.63) is 59.4 Å². The standard InChI is InChI=1S/C16H13F3N2O2/c1-9-6-7-10(13(22)8-9)15(23,16(17,18)19)14-20-11-4-2-3-5-12(11)21-14/h2-8,22-23H,1H3,(H,20,21). The molecule has 1 aromatic heterocycles. The van der Waals surface area contributed by atoms with Crippen molar-refractivity contribution in [2.75, 3.05) is 0 Å². The molecule has 0 saturated carbocycles. The molecule has 0 fully saturated rings. The topological polar surface area (TPSA) is 69.1 Å². The highest BCUT2D eigenvalue weighted by Crippen LogP contribution is 2.46. The number of halogens is 3. The molecule has 0 bridgehead atoms. The number of aromatic amines is 1. The Balaban J connectivity index is 2.29. The highest BCUT2D eigenvalue weighted by atomic mass is 19.4. The molecule has 0 saturated heterocycles. The summed E-state index contributed by atoms with van der Waals surface area (Å²) in [6, 6.07) is 9.94. The van der Waals surface area contributed by atoms with Crippen LogP contribution in [0.25, 0.3) is 11.0 Å². The van der Waals surface area contributed by atoms with Crippen molar-refractivity contribution in [3.63, 3.8) is 0 Å². The summed E-state index contributed by atoms with van der Waals surface area (Å²) in [6.07, 6.45) is -5.08. The first kappa shape index (κ1) is 15.4. The van der Waals surface area contributed by atoms with Crippen LogP contribution >= 0.6 is 0 Å². The molecule has 2 aromatic carbocycles. The van der Waals surface area contributed by atoms with Gasteiger partial charge in [0.1, 0.15) is 5.75 Å². The number of para-hydroxylation sites is 2. The number of nitrogens with one attached hydrogen (secondary N) is 1. The molecule has 4 nitrogen and oxygen atoms in total. The molecule has 0 aliphatic carbocycles. The van der Waals surface area contributed by atoms with Crippen molar-refractivity contribution in [1.29, 1.82) is 0 Å². The highest BCUT2D eigenvalue weighted by molar-refractivity contribution is 5.75. The van der Waals surface area contributed by atoms with Crippen LogP contribution in [0.3, 0.4) is 0 Å². The molecule has 3 N–H and O–H groups in total. The Morgan fingerprint density at radius 2 is 1.78 bits per heavy atom. The van der Waals surface area contributed by atoms with E-state index in [0.717, 1.165) is 12.1 Å². The van der Waals surface area contributed by atoms with E-state index in [9.17, 15) is 23.4 Å². The molecule has 0 amide bonds. The minimum Gasteiger partial charge on any atom is -0.508 e. The molecule has 3 rings (SSSR count). The SMILES string of the molecule is Cc1ccc(C(O)(c2nc3ccccc3[nH]2)C(F)(F)F)c(O)c1. The van der Waals surface area contributed by atoms with Gasteiger partial charge in [-0.15, -0.1) is 0 Å². The lowest BCUT2D eigenvalue weighted by Crippen LogP contribution is -2.44. The predicted octanol–water partition coefficient (Wildman–Crippen LogP) is 3.38. The number of hydrogen-bond acceptors (Lipinski definition) is 3. The van der Waals surface area contributed by atoms with Gasteiger partial charge in [-0.25, -0.2) is 4.98 Å². The number of nitrogens with zero attached hydrogens (tertiary/aromatic N) is 1. The van der Waals surface area contributed by atoms with Crippen LogP contribution in [-0.2, 0) is 5.60 Å². The summed E-state index contributed by atoms with van der Waals surface area (Å²) in [7, 11) is 0. The molecule has 0 radical (unpaired) electrons. The third kappa shape index (κ3) is 2.33. The van der Waals surface area contributed by atoms with Gasteiger partial charge in [-0.05, 0) is 30.7 Å². The van der Waals surface area contributed by atoms with Gasteiger partial charge >= 0.3 is 6.18 Å². The molecular weight excluding hydrogens is 309 g/mol. The number of alkyl halides is 3. The van der Waals surface area contributed by atoms with Crippen molar-refractivity contribution in [1.82, 2.24) is 9.97 Å². The second-order valence-electron chi connectivity index (χ2n) is 5.33. The zero-order chi connectivity index (χ0) is 16.8. The van der Waals surface area contributed by atoms with Crippen LogP contribution < -0.4 is 0 Å². The summed E-state index contributed by atoms with van der Waals surface area (Å²) < 4.78 is 41.0. The van der Waals surface area contributed by atoms with Crippen molar-refractivity contribution in [2.24, 2.45) is 0 Å². The van der Waals surface area contributed by atoms with Crippen molar-refractivity contribution >= 4 is 11.0 Å². The first-order valence-corrected chi connectivity index (χ1v) is 6.78. The number of aryl methyl sites for hydroxylation is 1. The second kappa shape index (κ2) is 4.99. The molecule has 3 aromatic rings. The summed E-state index contributed by atoms with van der Waals surface area (Å²) in [5.41, 5.74) is -2.90. The Bertz CT molecular complexity index is 840. The summed E-state index contributed by atoms with van der Waals surface area (Å²) in [5, 5.41) is 20.4. The van der Waals surface area contributed by atoms with Gasteiger partial charge in [0.15, 0.2) is 5.82 Å². The molecule has 1 unspecified atom stereocenters. The molecule has 7 heteroatoms. The van der Waals surface area contributed by atoms with E-state index in [1.165, 1.54) is 12.1 Å². The maximum Gasteiger partial charge on any atom is 0.429 e. The van der Waals surface area contributed by atoms with E-state index in [0.29, 0.717) is 11.1 Å². The first-order chi connectivity index (χ1) is 10.7. The van der Waals surface area contributed by atoms with Crippen LogP contribution in [-0.4, -0.2) is 26.4 Å². The van der Waals surface area contributed by atoms with Crippen LogP contribution in [0.4, 0.5) is 13.2 Å². The van der Waals surface area contributed by atoms with Gasteiger partial charge < -0.3 is 15.2 Å². The summed E-state index contributed by atoms with van der Waals surface area (Å²) in [5.74, 6) is -1.34. The van der Waals surface area contributed by atoms with Crippen LogP contribution in [0.1, 0.15) is 17.0 Å². The average Bonchev–Trinajstić information content (AvgIpc) is 2.89. The van der Waals surface area contributed by atoms with Crippen LogP contribution in [0.15, 0.2) is 42.5 Å². The Hall–Kier alpha value is -2.54. The van der Waals surface area contributed by atoms with Crippen molar-refractivity contribution in [2.45, 2.75) is 18.7 Å². The van der Waals surface area contributed by atoms with Crippen LogP contribution in [0, 0.1) is 6.92 Å². The third-order valence-electron chi connectivity index (χ3n) is 3.69. The van der Waals surface area contributed by atoms with E-state index in [1.54, 1.807) is 25.1 Å². The summed E-state index contributed by atoms with van der Waals surface area (Å²) in [6.45, 7) is 1.62. The number of phenols is 1. The Kier molecular flexibility index (Phi) is 3.33. The molecule has 1 atom stereocenters. The van der Waals surface area contributed by atoms with Crippen molar-refractivity contribution < 1.29 is 23.4 Å². The van der Waals surface area contributed by atoms with Gasteiger partial charge in [0.05, 0.1) is 11.0 Å². The lowest BCUT2D eigenvalue weighted by molar-refractivity contribution is -0.251. The number of aromatic nitrogens is 2. The second-order valence-corrected chi connectivity index (χ2v) is 5.33. The molecular formula is C16H13F3N2O2. The highest BCUT2D eigenvalue weighted by Gasteiger charge is 2.59. The smallest absolute Gasteiger partial charge is 0.429 e. The van der Waals surface area contributed by atoms with Crippen LogP contribution in [0.2, 0.25) is 0 Å². The lowest BCUT2D eigenvalue weighted by Gasteiger charge is -2.29. The summed E-state index contributed by atoms with van der Waals surface area (Å²) >= 11 is 0. The maximum absolute atomic E-state index is 13.7. The van der Waals surface area contributed by atoms with Gasteiger partial charge in [-0.1, -0.05) is 24.3 Å². The third-order valence-corrected chi connectivity index (χ3v) is 3.69. The van der Waals surface area contributed by atoms with Gasteiger partial charge in [0.25, 0.3) is 0 Å². The van der Waals surface area contributed by atoms with E-state index in [4.69, 9.17) is 0 Å². The zero-order valence-electron chi connectivity index (χ0n) is 12.0. The quantitative estimate of drug-likeness (QED) is 0.677. The van der Waals surface area contributed by atoms with Crippen molar-refractivity contribution in [3.8, 4) is 5.75 Å². The Morgan fingerprint density at radius 3 is 2.39 bits per heavy atom. The number of H-pyrrole nitrogens is 1. The first-order valence-electron chi connectivity index (χ1n) is 6.78. The number of rotatable bonds is 2. The number of fused-ring (bicyclic) bond motifs is 1. The fourth-order valence-electron chi connectivity index (χ4n) is 2.49. The predicted molar refractivity (Wildman–Crippen MR) is 78.0 cm³/mol. The van der Waals surface area contributed by atoms with E-state index in [2.05, 4.69) is 9.97 Å². The molecule has 23 heavy (non-hydrogen) atoms. The number of aliphatic hydroxyl groups is 1. The Labute approximate surface area is 129 Å².